The van der Waals surface area contributed by atoms with Crippen LogP contribution >= 0.6 is 35.3 Å². The Morgan fingerprint density at radius 2 is 1.81 bits per heavy atom. The Balaban J connectivity index is 0.00000338. The van der Waals surface area contributed by atoms with E-state index in [0.717, 1.165) is 38.3 Å². The fourth-order valence-corrected chi connectivity index (χ4v) is 3.27. The lowest BCUT2D eigenvalue weighted by Gasteiger charge is -2.13. The number of hydrogen-bond acceptors (Lipinski definition) is 4. The number of aromatic nitrogens is 1. The van der Waals surface area contributed by atoms with Crippen molar-refractivity contribution < 1.29 is 0 Å². The second-order valence-corrected chi connectivity index (χ2v) is 7.52. The Kier molecular flexibility index (Phi) is 10.6. The number of thiazole rings is 1. The Labute approximate surface area is 178 Å². The minimum absolute atomic E-state index is 0. The molecule has 0 atom stereocenters. The van der Waals surface area contributed by atoms with E-state index >= 15 is 0 Å². The third-order valence-electron chi connectivity index (χ3n) is 3.91. The molecular formula is C19H30IN5S. The highest BCUT2D eigenvalue weighted by Crippen LogP contribution is 2.13. The van der Waals surface area contributed by atoms with Crippen LogP contribution in [0.4, 0.5) is 5.69 Å². The number of nitrogens with zero attached hydrogens (tertiary/aromatic N) is 3. The van der Waals surface area contributed by atoms with E-state index < -0.39 is 0 Å². The summed E-state index contributed by atoms with van der Waals surface area (Å²) in [4.78, 5) is 12.0. The average molecular weight is 487 g/mol. The van der Waals surface area contributed by atoms with Crippen molar-refractivity contribution >= 4 is 47.0 Å². The van der Waals surface area contributed by atoms with E-state index in [9.17, 15) is 0 Å². The number of guanidine groups is 1. The lowest BCUT2D eigenvalue weighted by atomic mass is 10.1. The van der Waals surface area contributed by atoms with Crippen molar-refractivity contribution in [3.05, 3.63) is 45.9 Å². The smallest absolute Gasteiger partial charge is 0.190 e. The van der Waals surface area contributed by atoms with Gasteiger partial charge in [0, 0.05) is 57.4 Å². The predicted molar refractivity (Wildman–Crippen MR) is 124 cm³/mol. The van der Waals surface area contributed by atoms with Gasteiger partial charge < -0.3 is 15.5 Å². The van der Waals surface area contributed by atoms with Gasteiger partial charge in [0.2, 0.25) is 0 Å². The Bertz CT molecular complexity index is 667. The van der Waals surface area contributed by atoms with Gasteiger partial charge in [0.15, 0.2) is 5.96 Å². The van der Waals surface area contributed by atoms with E-state index in [1.807, 2.05) is 13.2 Å². The van der Waals surface area contributed by atoms with Crippen LogP contribution in [0.3, 0.4) is 0 Å². The van der Waals surface area contributed by atoms with Crippen molar-refractivity contribution in [3.63, 3.8) is 0 Å². The van der Waals surface area contributed by atoms with Crippen LogP contribution in [-0.4, -0.2) is 45.2 Å². The zero-order chi connectivity index (χ0) is 18.1. The van der Waals surface area contributed by atoms with Gasteiger partial charge in [-0.2, -0.15) is 0 Å². The highest BCUT2D eigenvalue weighted by Gasteiger charge is 2.01. The third kappa shape index (κ3) is 7.90. The van der Waals surface area contributed by atoms with E-state index in [0.29, 0.717) is 0 Å². The van der Waals surface area contributed by atoms with Gasteiger partial charge >= 0.3 is 0 Å². The number of hydrogen-bond donors (Lipinski definition) is 2. The van der Waals surface area contributed by atoms with Gasteiger partial charge in [-0.1, -0.05) is 12.1 Å². The molecule has 5 nitrogen and oxygen atoms in total. The number of aryl methyl sites for hydroxylation is 2. The minimum atomic E-state index is 0. The average Bonchev–Trinajstić information content (AvgIpc) is 3.02. The first-order valence-electron chi connectivity index (χ1n) is 8.70. The highest BCUT2D eigenvalue weighted by atomic mass is 127. The molecule has 0 amide bonds. The van der Waals surface area contributed by atoms with Crippen molar-refractivity contribution in [1.29, 1.82) is 0 Å². The molecule has 1 aromatic heterocycles. The molecule has 0 bridgehead atoms. The molecule has 144 valence electrons. The number of benzene rings is 1. The van der Waals surface area contributed by atoms with Gasteiger partial charge in [-0.15, -0.1) is 35.3 Å². The first-order chi connectivity index (χ1) is 12.1. The van der Waals surface area contributed by atoms with Gasteiger partial charge in [0.25, 0.3) is 0 Å². The van der Waals surface area contributed by atoms with Crippen LogP contribution in [0.2, 0.25) is 0 Å². The summed E-state index contributed by atoms with van der Waals surface area (Å²) >= 11 is 1.75. The van der Waals surface area contributed by atoms with Crippen LogP contribution in [0.1, 0.15) is 21.9 Å². The molecule has 1 heterocycles. The molecule has 1 aromatic carbocycles. The molecule has 2 rings (SSSR count). The van der Waals surface area contributed by atoms with Crippen LogP contribution in [0.25, 0.3) is 0 Å². The quantitative estimate of drug-likeness (QED) is 0.259. The second-order valence-electron chi connectivity index (χ2n) is 6.20. The summed E-state index contributed by atoms with van der Waals surface area (Å²) in [6, 6.07) is 8.75. The van der Waals surface area contributed by atoms with E-state index in [2.05, 4.69) is 70.8 Å². The van der Waals surface area contributed by atoms with E-state index in [1.165, 1.54) is 21.1 Å². The predicted octanol–water partition coefficient (Wildman–Crippen LogP) is 3.48. The van der Waals surface area contributed by atoms with Crippen molar-refractivity contribution in [3.8, 4) is 0 Å². The molecule has 0 aliphatic carbocycles. The molecule has 26 heavy (non-hydrogen) atoms. The van der Waals surface area contributed by atoms with E-state index in [-0.39, 0.29) is 24.0 Å². The van der Waals surface area contributed by atoms with Crippen LogP contribution in [0, 0.1) is 6.92 Å². The molecule has 0 saturated heterocycles. The molecule has 0 fully saturated rings. The second kappa shape index (κ2) is 12.1. The standard InChI is InChI=1S/C19H29N5S.HI/c1-15-14-23-18(25-15)11-13-22-19(20-2)21-12-5-6-16-7-9-17(10-8-16)24(3)4;/h7-10,14H,5-6,11-13H2,1-4H3,(H2,20,21,22);1H. The largest absolute Gasteiger partial charge is 0.378 e. The fourth-order valence-electron chi connectivity index (χ4n) is 2.49. The summed E-state index contributed by atoms with van der Waals surface area (Å²) < 4.78 is 0. The third-order valence-corrected chi connectivity index (χ3v) is 4.88. The summed E-state index contributed by atoms with van der Waals surface area (Å²) in [6.45, 7) is 3.84. The van der Waals surface area contributed by atoms with Crippen molar-refractivity contribution in [2.24, 2.45) is 4.99 Å². The maximum absolute atomic E-state index is 4.38. The summed E-state index contributed by atoms with van der Waals surface area (Å²) in [5, 5.41) is 7.89. The summed E-state index contributed by atoms with van der Waals surface area (Å²) in [5.74, 6) is 0.858. The topological polar surface area (TPSA) is 52.6 Å². The molecule has 0 saturated carbocycles. The number of anilines is 1. The number of rotatable bonds is 8. The van der Waals surface area contributed by atoms with Gasteiger partial charge in [-0.3, -0.25) is 4.99 Å². The first-order valence-corrected chi connectivity index (χ1v) is 9.52. The lowest BCUT2D eigenvalue weighted by Crippen LogP contribution is -2.38. The normalized spacial score (nSPS) is 11.0. The Morgan fingerprint density at radius 1 is 1.12 bits per heavy atom. The van der Waals surface area contributed by atoms with Crippen LogP contribution in [0.15, 0.2) is 35.5 Å². The zero-order valence-electron chi connectivity index (χ0n) is 16.1. The number of aliphatic imine (C=N–C) groups is 1. The van der Waals surface area contributed by atoms with Crippen LogP contribution in [0.5, 0.6) is 0 Å². The van der Waals surface area contributed by atoms with Gasteiger partial charge in [-0.05, 0) is 37.5 Å². The number of halogens is 1. The fraction of sp³-hybridized carbons (Fsp3) is 0.474. The van der Waals surface area contributed by atoms with Crippen LogP contribution < -0.4 is 15.5 Å². The molecule has 0 aliphatic heterocycles. The molecule has 0 radical (unpaired) electrons. The SMILES string of the molecule is CN=C(NCCCc1ccc(N(C)C)cc1)NCCc1ncc(C)s1.I. The van der Waals surface area contributed by atoms with Gasteiger partial charge in [0.1, 0.15) is 0 Å². The molecule has 0 unspecified atom stereocenters. The number of nitrogens with one attached hydrogen (secondary N) is 2. The van der Waals surface area contributed by atoms with Gasteiger partial charge in [-0.25, -0.2) is 4.98 Å². The van der Waals surface area contributed by atoms with Crippen molar-refractivity contribution in [2.75, 3.05) is 39.1 Å². The maximum atomic E-state index is 4.38. The molecule has 2 aromatic rings. The maximum Gasteiger partial charge on any atom is 0.190 e. The first kappa shape index (κ1) is 22.7. The van der Waals surface area contributed by atoms with Crippen molar-refractivity contribution in [2.45, 2.75) is 26.2 Å². The van der Waals surface area contributed by atoms with Crippen molar-refractivity contribution in [1.82, 2.24) is 15.6 Å². The summed E-state index contributed by atoms with van der Waals surface area (Å²) in [5.41, 5.74) is 2.61. The monoisotopic (exact) mass is 487 g/mol. The minimum Gasteiger partial charge on any atom is -0.378 e. The Hall–Kier alpha value is -1.35. The molecular weight excluding hydrogens is 457 g/mol. The Morgan fingerprint density at radius 3 is 2.38 bits per heavy atom. The zero-order valence-corrected chi connectivity index (χ0v) is 19.2. The highest BCUT2D eigenvalue weighted by molar-refractivity contribution is 14.0. The molecule has 7 heteroatoms. The lowest BCUT2D eigenvalue weighted by molar-refractivity contribution is 0.738. The summed E-state index contributed by atoms with van der Waals surface area (Å²) in [6.07, 6.45) is 5.00. The van der Waals surface area contributed by atoms with Crippen LogP contribution in [-0.2, 0) is 12.8 Å². The van der Waals surface area contributed by atoms with Gasteiger partial charge in [0.05, 0.1) is 5.01 Å². The molecule has 0 aliphatic rings. The molecule has 2 N–H and O–H groups in total. The molecule has 0 spiro atoms. The summed E-state index contributed by atoms with van der Waals surface area (Å²) in [7, 11) is 5.93. The van der Waals surface area contributed by atoms with E-state index in [4.69, 9.17) is 0 Å². The van der Waals surface area contributed by atoms with E-state index in [1.54, 1.807) is 11.3 Å².